The van der Waals surface area contributed by atoms with Gasteiger partial charge in [0.25, 0.3) is 5.56 Å². The van der Waals surface area contributed by atoms with E-state index in [1.54, 1.807) is 0 Å². The molecule has 0 spiro atoms. The first-order valence-electron chi connectivity index (χ1n) is 4.14. The minimum atomic E-state index is -0.302. The summed E-state index contributed by atoms with van der Waals surface area (Å²) in [6.07, 6.45) is 0. The molecule has 3 N–H and O–H groups in total. The van der Waals surface area contributed by atoms with Gasteiger partial charge >= 0.3 is 5.88 Å². The lowest BCUT2D eigenvalue weighted by molar-refractivity contribution is 0.452. The van der Waals surface area contributed by atoms with Gasteiger partial charge < -0.3 is 10.1 Å². The van der Waals surface area contributed by atoms with E-state index in [4.69, 9.17) is 5.11 Å². The Kier molecular flexibility index (Phi) is 2.02. The molecule has 0 bridgehead atoms. The summed E-state index contributed by atoms with van der Waals surface area (Å²) in [6.45, 7) is 0. The van der Waals surface area contributed by atoms with Crippen LogP contribution in [-0.2, 0) is 0 Å². The molecule has 14 heavy (non-hydrogen) atoms. The maximum atomic E-state index is 11.1. The standard InChI is InChI=1S/C10H8N2O2/c13-8-6-9(14)12-10(11-8)7-4-2-1-3-5-7/h1-6H,(H2,11,12,13,14)/p+1. The van der Waals surface area contributed by atoms with Crippen LogP contribution in [0.1, 0.15) is 0 Å². The van der Waals surface area contributed by atoms with E-state index in [-0.39, 0.29) is 11.4 Å². The van der Waals surface area contributed by atoms with Crippen LogP contribution in [0, 0.1) is 0 Å². The van der Waals surface area contributed by atoms with Gasteiger partial charge in [-0.1, -0.05) is 30.3 Å². The van der Waals surface area contributed by atoms with Crippen LogP contribution < -0.4 is 5.56 Å². The molecule has 1 aromatic carbocycles. The van der Waals surface area contributed by atoms with Crippen LogP contribution in [0.5, 0.6) is 5.88 Å². The smallest absolute Gasteiger partial charge is 0.364 e. The van der Waals surface area contributed by atoms with E-state index in [1.165, 1.54) is 0 Å². The molecule has 2 aromatic rings. The van der Waals surface area contributed by atoms with Gasteiger partial charge in [-0.15, -0.1) is 4.98 Å². The average Bonchev–Trinajstić information content (AvgIpc) is 2.18. The lowest BCUT2D eigenvalue weighted by Gasteiger charge is -1.97. The molecule has 0 aliphatic rings. The van der Waals surface area contributed by atoms with Crippen LogP contribution in [0.3, 0.4) is 0 Å². The van der Waals surface area contributed by atoms with E-state index in [0.29, 0.717) is 5.82 Å². The SMILES string of the molecule is O=c1cc([OH2+])nc(-c2ccccc2)[nH]1. The van der Waals surface area contributed by atoms with Crippen molar-refractivity contribution in [2.45, 2.75) is 0 Å². The fraction of sp³-hybridized carbons (Fsp3) is 0. The van der Waals surface area contributed by atoms with Gasteiger partial charge in [0.2, 0.25) is 0 Å². The predicted octanol–water partition coefficient (Wildman–Crippen LogP) is 0.875. The maximum Gasteiger partial charge on any atom is 0.364 e. The molecule has 0 saturated carbocycles. The summed E-state index contributed by atoms with van der Waals surface area (Å²) in [7, 11) is 0. The molecule has 1 aromatic heterocycles. The molecule has 0 unspecified atom stereocenters. The van der Waals surface area contributed by atoms with Gasteiger partial charge in [0.1, 0.15) is 11.9 Å². The average molecular weight is 189 g/mol. The molecule has 4 nitrogen and oxygen atoms in total. The number of aromatic nitrogens is 2. The number of rotatable bonds is 1. The van der Waals surface area contributed by atoms with Gasteiger partial charge in [0.05, 0.1) is 0 Å². The third-order valence-electron chi connectivity index (χ3n) is 1.79. The summed E-state index contributed by atoms with van der Waals surface area (Å²) >= 11 is 0. The van der Waals surface area contributed by atoms with Gasteiger partial charge in [-0.2, -0.15) is 0 Å². The van der Waals surface area contributed by atoms with Gasteiger partial charge in [-0.3, -0.25) is 4.79 Å². The van der Waals surface area contributed by atoms with E-state index in [1.807, 2.05) is 30.3 Å². The fourth-order valence-electron chi connectivity index (χ4n) is 1.19. The van der Waals surface area contributed by atoms with Crippen LogP contribution in [0.15, 0.2) is 41.2 Å². The Morgan fingerprint density at radius 2 is 1.93 bits per heavy atom. The Morgan fingerprint density at radius 3 is 2.57 bits per heavy atom. The van der Waals surface area contributed by atoms with Crippen molar-refractivity contribution in [3.63, 3.8) is 0 Å². The highest BCUT2D eigenvalue weighted by atomic mass is 16.3. The molecule has 2 rings (SSSR count). The number of nitrogens with zero attached hydrogens (tertiary/aromatic N) is 1. The van der Waals surface area contributed by atoms with Crippen molar-refractivity contribution in [3.05, 3.63) is 46.8 Å². The normalized spacial score (nSPS) is 10.0. The third-order valence-corrected chi connectivity index (χ3v) is 1.79. The first-order valence-corrected chi connectivity index (χ1v) is 4.14. The van der Waals surface area contributed by atoms with Gasteiger partial charge in [-0.05, 0) is 0 Å². The molecule has 70 valence electrons. The van der Waals surface area contributed by atoms with Gasteiger partial charge in [-0.25, -0.2) is 0 Å². The van der Waals surface area contributed by atoms with E-state index >= 15 is 0 Å². The molecule has 0 aliphatic heterocycles. The molecule has 0 atom stereocenters. The second kappa shape index (κ2) is 3.33. The number of nitrogens with one attached hydrogen (secondary N) is 1. The van der Waals surface area contributed by atoms with E-state index in [0.717, 1.165) is 11.6 Å². The third kappa shape index (κ3) is 1.64. The van der Waals surface area contributed by atoms with E-state index < -0.39 is 0 Å². The maximum absolute atomic E-state index is 11.1. The van der Waals surface area contributed by atoms with Crippen molar-refractivity contribution in [1.29, 1.82) is 0 Å². The zero-order chi connectivity index (χ0) is 9.97. The molecule has 4 heteroatoms. The van der Waals surface area contributed by atoms with E-state index in [2.05, 4.69) is 9.97 Å². The molecular weight excluding hydrogens is 180 g/mol. The highest BCUT2D eigenvalue weighted by Gasteiger charge is 2.04. The minimum Gasteiger partial charge on any atom is -0.579 e. The number of H-pyrrole nitrogens is 1. The van der Waals surface area contributed by atoms with Crippen molar-refractivity contribution in [1.82, 2.24) is 9.97 Å². The zero-order valence-corrected chi connectivity index (χ0v) is 7.32. The molecular formula is C10H9N2O2+. The highest BCUT2D eigenvalue weighted by molar-refractivity contribution is 5.54. The number of aromatic amines is 1. The first kappa shape index (κ1) is 8.50. The lowest BCUT2D eigenvalue weighted by atomic mass is 10.2. The zero-order valence-electron chi connectivity index (χ0n) is 7.32. The van der Waals surface area contributed by atoms with Crippen LogP contribution in [0.2, 0.25) is 0 Å². The molecule has 0 saturated heterocycles. The Balaban J connectivity index is 2.58. The second-order valence-corrected chi connectivity index (χ2v) is 2.85. The predicted molar refractivity (Wildman–Crippen MR) is 53.4 cm³/mol. The van der Waals surface area contributed by atoms with Crippen molar-refractivity contribution in [2.24, 2.45) is 0 Å². The molecule has 0 amide bonds. The molecule has 0 aliphatic carbocycles. The van der Waals surface area contributed by atoms with Crippen LogP contribution in [0.4, 0.5) is 0 Å². The van der Waals surface area contributed by atoms with Gasteiger partial charge in [0, 0.05) is 5.56 Å². The Morgan fingerprint density at radius 1 is 1.21 bits per heavy atom. The quantitative estimate of drug-likeness (QED) is 0.676. The Bertz CT molecular complexity index is 491. The van der Waals surface area contributed by atoms with E-state index in [9.17, 15) is 4.79 Å². The topological polar surface area (TPSA) is 68.7 Å². The van der Waals surface area contributed by atoms with Crippen molar-refractivity contribution in [2.75, 3.05) is 0 Å². The lowest BCUT2D eigenvalue weighted by Crippen LogP contribution is -2.06. The van der Waals surface area contributed by atoms with Gasteiger partial charge in [0.15, 0.2) is 0 Å². The van der Waals surface area contributed by atoms with Crippen molar-refractivity contribution in [3.8, 4) is 17.3 Å². The summed E-state index contributed by atoms with van der Waals surface area (Å²) < 4.78 is 0. The Hall–Kier alpha value is -2.10. The summed E-state index contributed by atoms with van der Waals surface area (Å²) in [5.74, 6) is 0.413. The number of benzene rings is 1. The molecule has 0 fully saturated rings. The summed E-state index contributed by atoms with van der Waals surface area (Å²) in [6, 6.07) is 10.4. The first-order chi connectivity index (χ1) is 6.75. The van der Waals surface area contributed by atoms with Crippen molar-refractivity contribution >= 4 is 0 Å². The summed E-state index contributed by atoms with van der Waals surface area (Å²) in [5, 5.41) is 7.29. The monoisotopic (exact) mass is 189 g/mol. The Labute approximate surface area is 79.9 Å². The van der Waals surface area contributed by atoms with Crippen molar-refractivity contribution < 1.29 is 5.11 Å². The number of hydrogen-bond donors (Lipinski definition) is 1. The van der Waals surface area contributed by atoms with Crippen LogP contribution >= 0.6 is 0 Å². The van der Waals surface area contributed by atoms with Crippen LogP contribution in [0.25, 0.3) is 11.4 Å². The summed E-state index contributed by atoms with van der Waals surface area (Å²) in [4.78, 5) is 17.6. The highest BCUT2D eigenvalue weighted by Crippen LogP contribution is 2.13. The minimum absolute atomic E-state index is 0.0207. The van der Waals surface area contributed by atoms with Crippen LogP contribution in [-0.4, -0.2) is 15.1 Å². The molecule has 0 radical (unpaired) electrons. The fourth-order valence-corrected chi connectivity index (χ4v) is 1.19. The second-order valence-electron chi connectivity index (χ2n) is 2.85. The number of hydrogen-bond acceptors (Lipinski definition) is 2. The largest absolute Gasteiger partial charge is 0.579 e. The molecule has 1 heterocycles. The summed E-state index contributed by atoms with van der Waals surface area (Å²) in [5.41, 5.74) is 0.502.